The van der Waals surface area contributed by atoms with Crippen LogP contribution in [0.3, 0.4) is 0 Å². The number of hydrogen-bond donors (Lipinski definition) is 0. The van der Waals surface area contributed by atoms with Gasteiger partial charge in [0.15, 0.2) is 8.32 Å². The maximum atomic E-state index is 12.1. The third-order valence-corrected chi connectivity index (χ3v) is 10.3. The van der Waals surface area contributed by atoms with Crippen LogP contribution >= 0.6 is 0 Å². The molecule has 0 aliphatic heterocycles. The largest absolute Gasteiger partial charge is 0.469 e. The molecular weight excluding hydrogens is 316 g/mol. The second-order valence-corrected chi connectivity index (χ2v) is 13.7. The van der Waals surface area contributed by atoms with Crippen molar-refractivity contribution >= 4 is 14.3 Å². The fourth-order valence-corrected chi connectivity index (χ4v) is 4.36. The van der Waals surface area contributed by atoms with Crippen molar-refractivity contribution in [1.29, 1.82) is 0 Å². The Bertz CT molecular complexity index is 509. The molecule has 1 unspecified atom stereocenters. The highest BCUT2D eigenvalue weighted by atomic mass is 28.4. The van der Waals surface area contributed by atoms with Crippen molar-refractivity contribution in [2.75, 3.05) is 7.11 Å². The summed E-state index contributed by atoms with van der Waals surface area (Å²) in [6.45, 7) is 19.3. The van der Waals surface area contributed by atoms with Gasteiger partial charge in [-0.2, -0.15) is 0 Å². The molecule has 0 aromatic heterocycles. The van der Waals surface area contributed by atoms with Crippen LogP contribution in [-0.4, -0.2) is 27.0 Å². The number of esters is 1. The second kappa shape index (κ2) is 7.16. The molecule has 0 aromatic rings. The summed E-state index contributed by atoms with van der Waals surface area (Å²) in [6.07, 6.45) is 7.40. The highest BCUT2D eigenvalue weighted by Crippen LogP contribution is 2.51. The van der Waals surface area contributed by atoms with E-state index in [9.17, 15) is 4.79 Å². The van der Waals surface area contributed by atoms with E-state index in [1.807, 2.05) is 6.92 Å². The van der Waals surface area contributed by atoms with E-state index in [1.165, 1.54) is 12.7 Å². The summed E-state index contributed by atoms with van der Waals surface area (Å²) in [5.41, 5.74) is 0.602. The summed E-state index contributed by atoms with van der Waals surface area (Å²) < 4.78 is 11.7. The van der Waals surface area contributed by atoms with Crippen LogP contribution in [0, 0.1) is 5.41 Å². The molecule has 4 heteroatoms. The molecule has 1 fully saturated rings. The standard InChI is InChI=1S/C20H36O3Si/c1-10-12-19(6,17(21)22-7)13-11-16(2)20(14-15-20)23-24(8,9)18(3,4)5/h10-11H,1,12-15H2,2-9H3/b16-11-. The molecule has 0 bridgehead atoms. The number of ether oxygens (including phenoxy) is 1. The fourth-order valence-electron chi connectivity index (χ4n) is 2.71. The predicted octanol–water partition coefficient (Wildman–Crippen LogP) is 5.63. The molecule has 1 rings (SSSR count). The van der Waals surface area contributed by atoms with Crippen molar-refractivity contribution in [2.45, 2.75) is 84.0 Å². The van der Waals surface area contributed by atoms with Gasteiger partial charge in [-0.15, -0.1) is 6.58 Å². The van der Waals surface area contributed by atoms with Gasteiger partial charge in [-0.3, -0.25) is 4.79 Å². The van der Waals surface area contributed by atoms with Crippen LogP contribution in [0.4, 0.5) is 0 Å². The molecule has 1 aliphatic rings. The monoisotopic (exact) mass is 352 g/mol. The zero-order valence-electron chi connectivity index (χ0n) is 16.9. The van der Waals surface area contributed by atoms with E-state index in [4.69, 9.17) is 9.16 Å². The van der Waals surface area contributed by atoms with Gasteiger partial charge in [-0.25, -0.2) is 0 Å². The Morgan fingerprint density at radius 2 is 1.75 bits per heavy atom. The van der Waals surface area contributed by atoms with Crippen molar-refractivity contribution in [3.8, 4) is 0 Å². The summed E-state index contributed by atoms with van der Waals surface area (Å²) >= 11 is 0. The van der Waals surface area contributed by atoms with Crippen LogP contribution < -0.4 is 0 Å². The minimum atomic E-state index is -1.81. The molecule has 0 heterocycles. The van der Waals surface area contributed by atoms with E-state index in [-0.39, 0.29) is 16.6 Å². The van der Waals surface area contributed by atoms with E-state index in [2.05, 4.69) is 53.4 Å². The summed E-state index contributed by atoms with van der Waals surface area (Å²) in [5.74, 6) is -0.179. The Kier molecular flexibility index (Phi) is 6.32. The molecule has 0 radical (unpaired) electrons. The second-order valence-electron chi connectivity index (χ2n) is 8.99. The molecule has 24 heavy (non-hydrogen) atoms. The van der Waals surface area contributed by atoms with Crippen LogP contribution in [0.15, 0.2) is 24.3 Å². The van der Waals surface area contributed by atoms with Crippen molar-refractivity contribution in [1.82, 2.24) is 0 Å². The lowest BCUT2D eigenvalue weighted by atomic mass is 9.82. The van der Waals surface area contributed by atoms with Gasteiger partial charge in [-0.05, 0) is 63.2 Å². The summed E-state index contributed by atoms with van der Waals surface area (Å²) in [7, 11) is -0.360. The molecule has 1 aliphatic carbocycles. The van der Waals surface area contributed by atoms with Gasteiger partial charge >= 0.3 is 5.97 Å². The fraction of sp³-hybridized carbons (Fsp3) is 0.750. The van der Waals surface area contributed by atoms with Gasteiger partial charge < -0.3 is 9.16 Å². The zero-order valence-corrected chi connectivity index (χ0v) is 17.9. The predicted molar refractivity (Wildman–Crippen MR) is 104 cm³/mol. The Labute approximate surface area is 149 Å². The molecule has 1 saturated carbocycles. The average Bonchev–Trinajstić information content (AvgIpc) is 3.23. The molecule has 1 atom stereocenters. The topological polar surface area (TPSA) is 35.5 Å². The Morgan fingerprint density at radius 1 is 1.21 bits per heavy atom. The third-order valence-electron chi connectivity index (χ3n) is 5.81. The minimum absolute atomic E-state index is 0.103. The normalized spacial score (nSPS) is 20.2. The van der Waals surface area contributed by atoms with Crippen LogP contribution in [0.25, 0.3) is 0 Å². The van der Waals surface area contributed by atoms with Crippen LogP contribution in [-0.2, 0) is 14.0 Å². The van der Waals surface area contributed by atoms with Crippen LogP contribution in [0.1, 0.15) is 60.3 Å². The number of methoxy groups -OCH3 is 1. The summed E-state index contributed by atoms with van der Waals surface area (Å²) in [5, 5.41) is 0.201. The van der Waals surface area contributed by atoms with Gasteiger partial charge in [0.05, 0.1) is 18.1 Å². The van der Waals surface area contributed by atoms with E-state index in [0.29, 0.717) is 12.8 Å². The first kappa shape index (κ1) is 21.2. The van der Waals surface area contributed by atoms with E-state index < -0.39 is 13.7 Å². The highest BCUT2D eigenvalue weighted by molar-refractivity contribution is 6.74. The Morgan fingerprint density at radius 3 is 2.12 bits per heavy atom. The highest BCUT2D eigenvalue weighted by Gasteiger charge is 2.52. The SMILES string of the molecule is C=CCC(C)(C/C=C(/C)C1(O[Si](C)(C)C(C)(C)C)CC1)C(=O)OC. The van der Waals surface area contributed by atoms with Crippen molar-refractivity contribution in [3.05, 3.63) is 24.3 Å². The van der Waals surface area contributed by atoms with Crippen molar-refractivity contribution in [2.24, 2.45) is 5.41 Å². The smallest absolute Gasteiger partial charge is 0.312 e. The zero-order chi connectivity index (χ0) is 18.8. The van der Waals surface area contributed by atoms with Crippen molar-refractivity contribution in [3.63, 3.8) is 0 Å². The first-order chi connectivity index (χ1) is 10.8. The minimum Gasteiger partial charge on any atom is -0.469 e. The first-order valence-corrected chi connectivity index (χ1v) is 11.8. The molecule has 0 amide bonds. The number of rotatable bonds is 8. The van der Waals surface area contributed by atoms with E-state index in [0.717, 1.165) is 12.8 Å². The Hall–Kier alpha value is -0.873. The van der Waals surface area contributed by atoms with Gasteiger partial charge in [0.1, 0.15) is 0 Å². The quantitative estimate of drug-likeness (QED) is 0.322. The molecule has 0 spiro atoms. The van der Waals surface area contributed by atoms with Gasteiger partial charge in [0.2, 0.25) is 0 Å². The van der Waals surface area contributed by atoms with Crippen molar-refractivity contribution < 1.29 is 14.0 Å². The third kappa shape index (κ3) is 4.60. The molecule has 3 nitrogen and oxygen atoms in total. The number of hydrogen-bond acceptors (Lipinski definition) is 3. The molecular formula is C20H36O3Si. The molecule has 0 aromatic carbocycles. The lowest BCUT2D eigenvalue weighted by Crippen LogP contribution is -2.45. The average molecular weight is 353 g/mol. The maximum absolute atomic E-state index is 12.1. The summed E-state index contributed by atoms with van der Waals surface area (Å²) in [4.78, 5) is 12.1. The number of carbonyl (C=O) groups is 1. The van der Waals surface area contributed by atoms with E-state index in [1.54, 1.807) is 6.08 Å². The van der Waals surface area contributed by atoms with E-state index >= 15 is 0 Å². The van der Waals surface area contributed by atoms with Crippen LogP contribution in [0.5, 0.6) is 0 Å². The van der Waals surface area contributed by atoms with Gasteiger partial charge in [0, 0.05) is 0 Å². The lowest BCUT2D eigenvalue weighted by Gasteiger charge is -2.40. The number of carbonyl (C=O) groups excluding carboxylic acids is 1. The van der Waals surface area contributed by atoms with Gasteiger partial charge in [-0.1, -0.05) is 32.9 Å². The lowest BCUT2D eigenvalue weighted by molar-refractivity contribution is -0.151. The maximum Gasteiger partial charge on any atom is 0.312 e. The first-order valence-electron chi connectivity index (χ1n) is 8.90. The van der Waals surface area contributed by atoms with Crippen LogP contribution in [0.2, 0.25) is 18.1 Å². The Balaban J connectivity index is 2.92. The number of allylic oxidation sites excluding steroid dienone is 2. The molecule has 0 N–H and O–H groups in total. The molecule has 0 saturated heterocycles. The summed E-state index contributed by atoms with van der Waals surface area (Å²) in [6, 6.07) is 0. The van der Waals surface area contributed by atoms with Gasteiger partial charge in [0.25, 0.3) is 0 Å². The molecule has 138 valence electrons.